The molecule has 3 rings (SSSR count). The zero-order valence-corrected chi connectivity index (χ0v) is 16.3. The Labute approximate surface area is 155 Å². The minimum atomic E-state index is 0.897. The molecule has 0 aliphatic rings. The number of hydrogen-bond acceptors (Lipinski definition) is 3. The Balaban J connectivity index is 2.26. The molecule has 0 N–H and O–H groups in total. The van der Waals surface area contributed by atoms with E-state index in [0.717, 1.165) is 39.4 Å². The van der Waals surface area contributed by atoms with Crippen LogP contribution in [-0.2, 0) is 0 Å². The summed E-state index contributed by atoms with van der Waals surface area (Å²) in [6.07, 6.45) is 1.95. The summed E-state index contributed by atoms with van der Waals surface area (Å²) < 4.78 is 10.8. The van der Waals surface area contributed by atoms with Crippen LogP contribution in [0.5, 0.6) is 11.5 Å². The Bertz CT molecular complexity index is 882. The molecule has 3 nitrogen and oxygen atoms in total. The van der Waals surface area contributed by atoms with Crippen LogP contribution in [0.2, 0.25) is 0 Å². The Morgan fingerprint density at radius 1 is 0.654 bits per heavy atom. The van der Waals surface area contributed by atoms with Gasteiger partial charge in [-0.25, -0.2) is 0 Å². The van der Waals surface area contributed by atoms with Crippen LogP contribution in [-0.4, -0.2) is 19.2 Å². The Hall–Kier alpha value is -2.81. The summed E-state index contributed by atoms with van der Waals surface area (Å²) in [6, 6.07) is 12.6. The first kappa shape index (κ1) is 18.0. The van der Waals surface area contributed by atoms with Gasteiger partial charge in [0.1, 0.15) is 11.5 Å². The monoisotopic (exact) mass is 347 g/mol. The van der Waals surface area contributed by atoms with Crippen LogP contribution in [0, 0.1) is 27.7 Å². The number of nitrogens with zero attached hydrogens (tertiary/aromatic N) is 1. The van der Waals surface area contributed by atoms with Gasteiger partial charge in [-0.05, 0) is 85.3 Å². The van der Waals surface area contributed by atoms with Crippen molar-refractivity contribution in [2.24, 2.45) is 0 Å². The summed E-state index contributed by atoms with van der Waals surface area (Å²) >= 11 is 0. The standard InChI is InChI=1S/C23H25NO2/c1-14-11-18(7-9-20(14)25-5)22-16(3)13-24-17(4)23(22)19-8-10-21(26-6)15(2)12-19/h7-13H,1-6H3. The summed E-state index contributed by atoms with van der Waals surface area (Å²) in [4.78, 5) is 4.61. The van der Waals surface area contributed by atoms with Crippen LogP contribution < -0.4 is 9.47 Å². The van der Waals surface area contributed by atoms with Crippen LogP contribution in [0.1, 0.15) is 22.4 Å². The molecule has 0 amide bonds. The molecule has 0 saturated carbocycles. The maximum atomic E-state index is 5.42. The van der Waals surface area contributed by atoms with Crippen molar-refractivity contribution in [3.63, 3.8) is 0 Å². The van der Waals surface area contributed by atoms with Gasteiger partial charge in [-0.15, -0.1) is 0 Å². The van der Waals surface area contributed by atoms with E-state index in [0.29, 0.717) is 0 Å². The Morgan fingerprint density at radius 3 is 1.62 bits per heavy atom. The average molecular weight is 347 g/mol. The third kappa shape index (κ3) is 3.17. The van der Waals surface area contributed by atoms with Gasteiger partial charge in [0.2, 0.25) is 0 Å². The first-order valence-corrected chi connectivity index (χ1v) is 8.72. The summed E-state index contributed by atoms with van der Waals surface area (Å²) in [5.74, 6) is 1.80. The van der Waals surface area contributed by atoms with Crippen molar-refractivity contribution < 1.29 is 9.47 Å². The van der Waals surface area contributed by atoms with Crippen molar-refractivity contribution in [3.8, 4) is 33.8 Å². The summed E-state index contributed by atoms with van der Waals surface area (Å²) in [5, 5.41) is 0. The number of aryl methyl sites for hydroxylation is 4. The lowest BCUT2D eigenvalue weighted by molar-refractivity contribution is 0.411. The highest BCUT2D eigenvalue weighted by Crippen LogP contribution is 2.39. The smallest absolute Gasteiger partial charge is 0.121 e. The van der Waals surface area contributed by atoms with E-state index >= 15 is 0 Å². The molecule has 0 spiro atoms. The number of hydrogen-bond donors (Lipinski definition) is 0. The summed E-state index contributed by atoms with van der Waals surface area (Å²) in [7, 11) is 3.41. The third-order valence-electron chi connectivity index (χ3n) is 4.83. The molecular weight excluding hydrogens is 322 g/mol. The van der Waals surface area contributed by atoms with E-state index in [4.69, 9.17) is 9.47 Å². The van der Waals surface area contributed by atoms with Crippen LogP contribution in [0.15, 0.2) is 42.6 Å². The van der Waals surface area contributed by atoms with Gasteiger partial charge >= 0.3 is 0 Å². The van der Waals surface area contributed by atoms with E-state index < -0.39 is 0 Å². The highest BCUT2D eigenvalue weighted by atomic mass is 16.5. The van der Waals surface area contributed by atoms with Gasteiger partial charge in [-0.2, -0.15) is 0 Å². The van der Waals surface area contributed by atoms with Crippen molar-refractivity contribution in [2.45, 2.75) is 27.7 Å². The van der Waals surface area contributed by atoms with E-state index in [2.05, 4.69) is 56.9 Å². The minimum absolute atomic E-state index is 0.897. The molecule has 0 aliphatic carbocycles. The minimum Gasteiger partial charge on any atom is -0.496 e. The number of ether oxygens (including phenoxy) is 2. The van der Waals surface area contributed by atoms with Gasteiger partial charge in [0, 0.05) is 17.5 Å². The predicted molar refractivity (Wildman–Crippen MR) is 107 cm³/mol. The molecule has 3 heteroatoms. The lowest BCUT2D eigenvalue weighted by Crippen LogP contribution is -1.97. The van der Waals surface area contributed by atoms with E-state index in [1.807, 2.05) is 18.3 Å². The summed E-state index contributed by atoms with van der Waals surface area (Å²) in [5.41, 5.74) is 9.12. The Morgan fingerprint density at radius 2 is 1.15 bits per heavy atom. The molecule has 3 aromatic rings. The lowest BCUT2D eigenvalue weighted by Gasteiger charge is -2.18. The van der Waals surface area contributed by atoms with Gasteiger partial charge in [-0.3, -0.25) is 4.98 Å². The van der Waals surface area contributed by atoms with Crippen LogP contribution in [0.25, 0.3) is 22.3 Å². The molecule has 0 aliphatic heterocycles. The molecule has 1 heterocycles. The largest absolute Gasteiger partial charge is 0.496 e. The highest BCUT2D eigenvalue weighted by molar-refractivity contribution is 5.87. The third-order valence-corrected chi connectivity index (χ3v) is 4.83. The molecule has 0 unspecified atom stereocenters. The van der Waals surface area contributed by atoms with Gasteiger partial charge < -0.3 is 9.47 Å². The molecule has 0 saturated heterocycles. The molecule has 0 atom stereocenters. The quantitative estimate of drug-likeness (QED) is 0.609. The van der Waals surface area contributed by atoms with Crippen molar-refractivity contribution in [2.75, 3.05) is 14.2 Å². The maximum Gasteiger partial charge on any atom is 0.121 e. The zero-order valence-electron chi connectivity index (χ0n) is 16.3. The maximum absolute atomic E-state index is 5.42. The van der Waals surface area contributed by atoms with E-state index in [-0.39, 0.29) is 0 Å². The fourth-order valence-corrected chi connectivity index (χ4v) is 3.49. The van der Waals surface area contributed by atoms with Crippen molar-refractivity contribution in [1.29, 1.82) is 0 Å². The van der Waals surface area contributed by atoms with Gasteiger partial charge in [0.05, 0.1) is 14.2 Å². The second-order valence-corrected chi connectivity index (χ2v) is 6.65. The second kappa shape index (κ2) is 7.20. The van der Waals surface area contributed by atoms with E-state index in [1.165, 1.54) is 16.7 Å². The van der Waals surface area contributed by atoms with Gasteiger partial charge in [0.25, 0.3) is 0 Å². The number of benzene rings is 2. The SMILES string of the molecule is COc1ccc(-c2c(C)cnc(C)c2-c2ccc(OC)c(C)c2)cc1C. The molecule has 134 valence electrons. The van der Waals surface area contributed by atoms with Gasteiger partial charge in [0.15, 0.2) is 0 Å². The first-order valence-electron chi connectivity index (χ1n) is 8.72. The van der Waals surface area contributed by atoms with Crippen molar-refractivity contribution in [3.05, 3.63) is 65.0 Å². The van der Waals surface area contributed by atoms with Crippen molar-refractivity contribution in [1.82, 2.24) is 4.98 Å². The topological polar surface area (TPSA) is 31.4 Å². The lowest BCUT2D eigenvalue weighted by atomic mass is 9.89. The van der Waals surface area contributed by atoms with E-state index in [9.17, 15) is 0 Å². The molecule has 1 aromatic heterocycles. The normalized spacial score (nSPS) is 10.7. The summed E-state index contributed by atoms with van der Waals surface area (Å²) in [6.45, 7) is 8.32. The fourth-order valence-electron chi connectivity index (χ4n) is 3.49. The van der Waals surface area contributed by atoms with Crippen LogP contribution in [0.3, 0.4) is 0 Å². The molecule has 0 fully saturated rings. The first-order chi connectivity index (χ1) is 12.5. The molecule has 2 aromatic carbocycles. The van der Waals surface area contributed by atoms with E-state index in [1.54, 1.807) is 14.2 Å². The van der Waals surface area contributed by atoms with Crippen LogP contribution >= 0.6 is 0 Å². The number of aromatic nitrogens is 1. The zero-order chi connectivity index (χ0) is 18.8. The van der Waals surface area contributed by atoms with Crippen molar-refractivity contribution >= 4 is 0 Å². The molecule has 0 bridgehead atoms. The van der Waals surface area contributed by atoms with Crippen LogP contribution in [0.4, 0.5) is 0 Å². The highest BCUT2D eigenvalue weighted by Gasteiger charge is 2.16. The molecule has 0 radical (unpaired) electrons. The molecule has 26 heavy (non-hydrogen) atoms. The number of pyridine rings is 1. The fraction of sp³-hybridized carbons (Fsp3) is 0.261. The predicted octanol–water partition coefficient (Wildman–Crippen LogP) is 5.67. The Kier molecular flexibility index (Phi) is 4.99. The average Bonchev–Trinajstić information content (AvgIpc) is 2.63. The second-order valence-electron chi connectivity index (χ2n) is 6.65. The number of methoxy groups -OCH3 is 2. The number of rotatable bonds is 4. The van der Waals surface area contributed by atoms with Gasteiger partial charge in [-0.1, -0.05) is 12.1 Å². The molecular formula is C23H25NO2.